The molecule has 9 heteroatoms. The average molecular weight is 401 g/mol. The highest BCUT2D eigenvalue weighted by Gasteiger charge is 2.16. The maximum Gasteiger partial charge on any atom is 0.265 e. The van der Waals surface area contributed by atoms with Crippen LogP contribution >= 0.6 is 11.6 Å². The first-order valence-electron chi connectivity index (χ1n) is 7.54. The Bertz CT molecular complexity index is 903. The lowest BCUT2D eigenvalue weighted by Gasteiger charge is -2.18. The van der Waals surface area contributed by atoms with E-state index in [1.807, 2.05) is 0 Å². The van der Waals surface area contributed by atoms with Gasteiger partial charge in [-0.15, -0.1) is 0 Å². The van der Waals surface area contributed by atoms with Crippen molar-refractivity contribution in [2.24, 2.45) is 0 Å². The van der Waals surface area contributed by atoms with Crippen LogP contribution in [0.25, 0.3) is 0 Å². The quantitative estimate of drug-likeness (QED) is 0.807. The molecule has 0 saturated heterocycles. The predicted octanol–water partition coefficient (Wildman–Crippen LogP) is 3.28. The van der Waals surface area contributed by atoms with Crippen molar-refractivity contribution in [2.45, 2.75) is 13.0 Å². The number of amides is 1. The second-order valence-electron chi connectivity index (χ2n) is 5.60. The van der Waals surface area contributed by atoms with E-state index in [0.717, 1.165) is 16.6 Å². The number of sulfonamides is 1. The van der Waals surface area contributed by atoms with Crippen LogP contribution < -0.4 is 14.4 Å². The van der Waals surface area contributed by atoms with Gasteiger partial charge in [-0.3, -0.25) is 9.10 Å². The fourth-order valence-corrected chi connectivity index (χ4v) is 2.69. The molecule has 0 spiro atoms. The summed E-state index contributed by atoms with van der Waals surface area (Å²) < 4.78 is 42.8. The number of anilines is 2. The molecular formula is C17H18ClFN2O4S. The van der Waals surface area contributed by atoms with E-state index in [1.54, 1.807) is 31.2 Å². The maximum atomic E-state index is 13.1. The van der Waals surface area contributed by atoms with Crippen molar-refractivity contribution in [3.63, 3.8) is 0 Å². The molecule has 1 atom stereocenters. The minimum absolute atomic E-state index is 0.0954. The van der Waals surface area contributed by atoms with E-state index in [0.29, 0.717) is 17.1 Å². The van der Waals surface area contributed by atoms with E-state index in [-0.39, 0.29) is 5.02 Å². The van der Waals surface area contributed by atoms with Gasteiger partial charge in [0.15, 0.2) is 6.10 Å². The van der Waals surface area contributed by atoms with Gasteiger partial charge in [0.2, 0.25) is 10.0 Å². The molecule has 2 aromatic rings. The van der Waals surface area contributed by atoms with Crippen LogP contribution in [0.1, 0.15) is 6.92 Å². The lowest BCUT2D eigenvalue weighted by molar-refractivity contribution is -0.122. The second-order valence-corrected chi connectivity index (χ2v) is 8.02. The zero-order valence-corrected chi connectivity index (χ0v) is 15.9. The average Bonchev–Trinajstić information content (AvgIpc) is 2.57. The van der Waals surface area contributed by atoms with Crippen LogP contribution in [-0.4, -0.2) is 33.7 Å². The van der Waals surface area contributed by atoms with Gasteiger partial charge in [-0.05, 0) is 49.4 Å². The van der Waals surface area contributed by atoms with E-state index in [9.17, 15) is 17.6 Å². The highest BCUT2D eigenvalue weighted by molar-refractivity contribution is 7.92. The van der Waals surface area contributed by atoms with E-state index in [2.05, 4.69) is 5.32 Å². The minimum atomic E-state index is -3.36. The third kappa shape index (κ3) is 5.09. The number of carbonyl (C=O) groups is 1. The Labute approximate surface area is 156 Å². The topological polar surface area (TPSA) is 75.7 Å². The lowest BCUT2D eigenvalue weighted by atomic mass is 10.2. The smallest absolute Gasteiger partial charge is 0.265 e. The van der Waals surface area contributed by atoms with E-state index in [4.69, 9.17) is 16.3 Å². The van der Waals surface area contributed by atoms with Crippen molar-refractivity contribution in [2.75, 3.05) is 22.9 Å². The Hall–Kier alpha value is -2.32. The predicted molar refractivity (Wildman–Crippen MR) is 99.8 cm³/mol. The molecule has 0 saturated carbocycles. The second kappa shape index (κ2) is 7.92. The summed E-state index contributed by atoms with van der Waals surface area (Å²) >= 11 is 5.67. The molecule has 0 aliphatic rings. The third-order valence-electron chi connectivity index (χ3n) is 3.57. The number of benzene rings is 2. The monoisotopic (exact) mass is 400 g/mol. The summed E-state index contributed by atoms with van der Waals surface area (Å²) in [6.45, 7) is 1.55. The van der Waals surface area contributed by atoms with Gasteiger partial charge >= 0.3 is 0 Å². The summed E-state index contributed by atoms with van der Waals surface area (Å²) in [5.41, 5.74) is 0.819. The fourth-order valence-electron chi connectivity index (χ4n) is 2.00. The van der Waals surface area contributed by atoms with Gasteiger partial charge in [0.1, 0.15) is 11.6 Å². The number of halogens is 2. The molecule has 0 aromatic heterocycles. The van der Waals surface area contributed by atoms with Gasteiger partial charge in [-0.2, -0.15) is 0 Å². The molecule has 1 N–H and O–H groups in total. The van der Waals surface area contributed by atoms with Gasteiger partial charge in [-0.1, -0.05) is 11.6 Å². The minimum Gasteiger partial charge on any atom is -0.481 e. The van der Waals surface area contributed by atoms with Crippen molar-refractivity contribution >= 4 is 38.9 Å². The number of hydrogen-bond donors (Lipinski definition) is 1. The van der Waals surface area contributed by atoms with Crippen molar-refractivity contribution in [3.05, 3.63) is 53.3 Å². The number of ether oxygens (including phenoxy) is 1. The standard InChI is InChI=1S/C17H18ClFN2O4S/c1-11(17(22)20-12-4-9-16(19)15(18)10-12)25-14-7-5-13(6-8-14)21(2)26(3,23)24/h4-11H,1-3H3,(H,20,22). The van der Waals surface area contributed by atoms with E-state index in [1.165, 1.54) is 19.2 Å². The Morgan fingerprint density at radius 2 is 1.85 bits per heavy atom. The van der Waals surface area contributed by atoms with Crippen LogP contribution in [0.4, 0.5) is 15.8 Å². The molecule has 1 unspecified atom stereocenters. The number of nitrogens with one attached hydrogen (secondary N) is 1. The summed E-state index contributed by atoms with van der Waals surface area (Å²) in [6.07, 6.45) is 0.267. The molecule has 0 radical (unpaired) electrons. The molecule has 0 aliphatic carbocycles. The van der Waals surface area contributed by atoms with Gasteiger partial charge in [0.05, 0.1) is 17.0 Å². The highest BCUT2D eigenvalue weighted by atomic mass is 35.5. The normalized spacial score (nSPS) is 12.3. The zero-order valence-electron chi connectivity index (χ0n) is 14.4. The number of nitrogens with zero attached hydrogens (tertiary/aromatic N) is 1. The number of hydrogen-bond acceptors (Lipinski definition) is 4. The Morgan fingerprint density at radius 3 is 2.38 bits per heavy atom. The molecule has 2 aromatic carbocycles. The number of carbonyl (C=O) groups excluding carboxylic acids is 1. The molecule has 0 bridgehead atoms. The molecule has 2 rings (SSSR count). The Kier molecular flexibility index (Phi) is 6.09. The highest BCUT2D eigenvalue weighted by Crippen LogP contribution is 2.22. The van der Waals surface area contributed by atoms with Crippen molar-refractivity contribution < 1.29 is 22.3 Å². The van der Waals surface area contributed by atoms with Crippen LogP contribution in [0.3, 0.4) is 0 Å². The van der Waals surface area contributed by atoms with Gasteiger partial charge < -0.3 is 10.1 Å². The first kappa shape index (κ1) is 20.0. The number of rotatable bonds is 6. The van der Waals surface area contributed by atoms with Crippen molar-refractivity contribution in [3.8, 4) is 5.75 Å². The maximum absolute atomic E-state index is 13.1. The SMILES string of the molecule is CC(Oc1ccc(N(C)S(C)(=O)=O)cc1)C(=O)Nc1ccc(F)c(Cl)c1. The summed E-state index contributed by atoms with van der Waals surface area (Å²) in [7, 11) is -1.92. The van der Waals surface area contributed by atoms with Crippen LogP contribution in [0.5, 0.6) is 5.75 Å². The largest absolute Gasteiger partial charge is 0.481 e. The molecule has 26 heavy (non-hydrogen) atoms. The van der Waals surface area contributed by atoms with Crippen LogP contribution in [-0.2, 0) is 14.8 Å². The Morgan fingerprint density at radius 1 is 1.23 bits per heavy atom. The van der Waals surface area contributed by atoms with Crippen molar-refractivity contribution in [1.29, 1.82) is 0 Å². The summed E-state index contributed by atoms with van der Waals surface area (Å²) in [5, 5.41) is 2.48. The molecule has 0 heterocycles. The molecule has 1 amide bonds. The lowest BCUT2D eigenvalue weighted by Crippen LogP contribution is -2.30. The van der Waals surface area contributed by atoms with E-state index >= 15 is 0 Å². The summed E-state index contributed by atoms with van der Waals surface area (Å²) in [5.74, 6) is -0.617. The fraction of sp³-hybridized carbons (Fsp3) is 0.235. The third-order valence-corrected chi connectivity index (χ3v) is 5.06. The van der Waals surface area contributed by atoms with Crippen LogP contribution in [0.15, 0.2) is 42.5 Å². The van der Waals surface area contributed by atoms with Crippen LogP contribution in [0.2, 0.25) is 5.02 Å². The van der Waals surface area contributed by atoms with Crippen molar-refractivity contribution in [1.82, 2.24) is 0 Å². The first-order chi connectivity index (χ1) is 12.1. The molecule has 0 fully saturated rings. The van der Waals surface area contributed by atoms with Gasteiger partial charge in [0.25, 0.3) is 5.91 Å². The Balaban J connectivity index is 2.01. The van der Waals surface area contributed by atoms with E-state index < -0.39 is 27.9 Å². The van der Waals surface area contributed by atoms with Gasteiger partial charge in [0, 0.05) is 12.7 Å². The molecule has 6 nitrogen and oxygen atoms in total. The summed E-state index contributed by atoms with van der Waals surface area (Å²) in [6, 6.07) is 10.1. The zero-order chi connectivity index (χ0) is 19.5. The molecule has 140 valence electrons. The molecular weight excluding hydrogens is 383 g/mol. The summed E-state index contributed by atoms with van der Waals surface area (Å²) in [4.78, 5) is 12.2. The first-order valence-corrected chi connectivity index (χ1v) is 9.77. The molecule has 0 aliphatic heterocycles. The van der Waals surface area contributed by atoms with Gasteiger partial charge in [-0.25, -0.2) is 12.8 Å². The van der Waals surface area contributed by atoms with Crippen LogP contribution in [0, 0.1) is 5.82 Å².